The van der Waals surface area contributed by atoms with Crippen molar-refractivity contribution in [3.05, 3.63) is 71.3 Å². The fourth-order valence-electron chi connectivity index (χ4n) is 5.15. The fraction of sp³-hybridized carbons (Fsp3) is 0.452. The van der Waals surface area contributed by atoms with Crippen molar-refractivity contribution in [2.24, 2.45) is 11.5 Å². The van der Waals surface area contributed by atoms with Gasteiger partial charge >= 0.3 is 29.7 Å². The first-order valence-corrected chi connectivity index (χ1v) is 14.4. The third-order valence-corrected chi connectivity index (χ3v) is 7.33. The van der Waals surface area contributed by atoms with Crippen LogP contribution in [0.5, 0.6) is 0 Å². The molecule has 5 amide bonds. The molecule has 2 aromatic carbocycles. The maximum Gasteiger partial charge on any atom is 0.410 e. The first-order chi connectivity index (χ1) is 21.0. The number of halogens is 2. The highest BCUT2D eigenvalue weighted by atomic mass is 19.1. The van der Waals surface area contributed by atoms with Gasteiger partial charge in [0.15, 0.2) is 0 Å². The molecule has 2 saturated heterocycles. The predicted octanol–water partition coefficient (Wildman–Crippen LogP) is 1.99. The van der Waals surface area contributed by atoms with E-state index in [0.29, 0.717) is 18.7 Å². The van der Waals surface area contributed by atoms with Crippen LogP contribution in [0, 0.1) is 11.6 Å². The molecule has 2 aliphatic rings. The lowest BCUT2D eigenvalue weighted by atomic mass is 9.99. The van der Waals surface area contributed by atoms with Gasteiger partial charge in [-0.3, -0.25) is 19.2 Å². The third-order valence-electron chi connectivity index (χ3n) is 7.33. The summed E-state index contributed by atoms with van der Waals surface area (Å²) in [5, 5.41) is 3.23. The van der Waals surface area contributed by atoms with Gasteiger partial charge in [-0.2, -0.15) is 0 Å². The molecule has 0 unspecified atom stereocenters. The summed E-state index contributed by atoms with van der Waals surface area (Å²) in [6.45, 7) is 10.1. The second-order valence-corrected chi connectivity index (χ2v) is 12.1. The minimum atomic E-state index is -1.07. The molecular weight excluding hydrogens is 590 g/mol. The Hall–Kier alpha value is -4.59. The van der Waals surface area contributed by atoms with Crippen LogP contribution in [0.25, 0.3) is 0 Å². The summed E-state index contributed by atoms with van der Waals surface area (Å²) in [6.07, 6.45) is -0.511. The van der Waals surface area contributed by atoms with Crippen LogP contribution in [0.15, 0.2) is 48.5 Å². The molecule has 12 nitrogen and oxygen atoms in total. The Balaban J connectivity index is 0.000000257. The van der Waals surface area contributed by atoms with Crippen molar-refractivity contribution < 1.29 is 37.5 Å². The number of primary amides is 2. The Kier molecular flexibility index (Phi) is 11.2. The largest absolute Gasteiger partial charge is 0.444 e. The van der Waals surface area contributed by atoms with Gasteiger partial charge in [-0.25, -0.2) is 13.6 Å². The van der Waals surface area contributed by atoms with Gasteiger partial charge in [-0.1, -0.05) is 24.3 Å². The number of hydrogen-bond acceptors (Lipinski definition) is 7. The number of ether oxygens (including phenoxy) is 1. The van der Waals surface area contributed by atoms with Crippen molar-refractivity contribution >= 4 is 29.7 Å². The molecule has 2 fully saturated rings. The molecule has 2 aliphatic heterocycles. The van der Waals surface area contributed by atoms with Crippen molar-refractivity contribution in [1.29, 1.82) is 0 Å². The molecule has 0 radical (unpaired) electrons. The number of carbonyl (C=O) groups is 5. The van der Waals surface area contributed by atoms with Crippen molar-refractivity contribution in [1.82, 2.24) is 20.0 Å². The quantitative estimate of drug-likeness (QED) is 0.427. The smallest absolute Gasteiger partial charge is 0.410 e. The summed E-state index contributed by atoms with van der Waals surface area (Å²) in [5.41, 5.74) is 10.9. The molecule has 5 N–H and O–H groups in total. The number of nitrogens with two attached hydrogens (primary N) is 2. The number of carbonyl (C=O) groups excluding carboxylic acids is 5. The van der Waals surface area contributed by atoms with E-state index in [-0.39, 0.29) is 37.0 Å². The van der Waals surface area contributed by atoms with Crippen molar-refractivity contribution in [3.8, 4) is 0 Å². The van der Waals surface area contributed by atoms with E-state index in [2.05, 4.69) is 5.32 Å². The zero-order chi connectivity index (χ0) is 33.6. The zero-order valence-corrected chi connectivity index (χ0v) is 26.0. The van der Waals surface area contributed by atoms with E-state index in [9.17, 15) is 32.8 Å². The Bertz CT molecular complexity index is 1400. The van der Waals surface area contributed by atoms with Crippen LogP contribution in [-0.4, -0.2) is 88.3 Å². The molecule has 2 aromatic rings. The van der Waals surface area contributed by atoms with Gasteiger partial charge in [0.2, 0.25) is 0 Å². The van der Waals surface area contributed by atoms with E-state index in [0.717, 1.165) is 5.56 Å². The van der Waals surface area contributed by atoms with Gasteiger partial charge in [0.05, 0.1) is 12.1 Å². The molecule has 0 saturated carbocycles. The summed E-state index contributed by atoms with van der Waals surface area (Å²) in [6, 6.07) is 10.2. The van der Waals surface area contributed by atoms with Crippen LogP contribution < -0.4 is 16.8 Å². The van der Waals surface area contributed by atoms with Gasteiger partial charge in [0.25, 0.3) is 0 Å². The number of nitrogens with one attached hydrogen (secondary N) is 1. The second-order valence-electron chi connectivity index (χ2n) is 12.1. The van der Waals surface area contributed by atoms with Gasteiger partial charge in [-0.05, 0) is 70.0 Å². The highest BCUT2D eigenvalue weighted by molar-refractivity contribution is 6.34. The summed E-state index contributed by atoms with van der Waals surface area (Å²) >= 11 is 0. The monoisotopic (exact) mass is 630 g/mol. The predicted molar refractivity (Wildman–Crippen MR) is 160 cm³/mol. The van der Waals surface area contributed by atoms with Gasteiger partial charge in [0.1, 0.15) is 17.2 Å². The van der Waals surface area contributed by atoms with Crippen LogP contribution in [0.2, 0.25) is 0 Å². The van der Waals surface area contributed by atoms with Gasteiger partial charge in [-0.15, -0.1) is 0 Å². The molecule has 2 heterocycles. The first-order valence-electron chi connectivity index (χ1n) is 14.4. The average molecular weight is 631 g/mol. The normalized spacial score (nSPS) is 21.7. The molecule has 0 bridgehead atoms. The van der Waals surface area contributed by atoms with Crippen molar-refractivity contribution in [2.45, 2.75) is 64.4 Å². The number of amides is 5. The lowest BCUT2D eigenvalue weighted by Crippen LogP contribution is -2.59. The Morgan fingerprint density at radius 1 is 0.733 bits per heavy atom. The molecular formula is C31H40F2N6O6. The van der Waals surface area contributed by atoms with Crippen LogP contribution in [0.1, 0.15) is 57.8 Å². The fourth-order valence-corrected chi connectivity index (χ4v) is 5.15. The van der Waals surface area contributed by atoms with Crippen molar-refractivity contribution in [2.75, 3.05) is 26.2 Å². The van der Waals surface area contributed by atoms with Crippen LogP contribution in [0.3, 0.4) is 0 Å². The summed E-state index contributed by atoms with van der Waals surface area (Å²) in [7, 11) is 0. The highest BCUT2D eigenvalue weighted by Gasteiger charge is 2.40. The molecule has 45 heavy (non-hydrogen) atoms. The lowest BCUT2D eigenvalue weighted by molar-refractivity contribution is -0.148. The topological polar surface area (TPSA) is 168 Å². The van der Waals surface area contributed by atoms with Gasteiger partial charge < -0.3 is 36.2 Å². The van der Waals surface area contributed by atoms with Crippen LogP contribution in [-0.2, 0) is 23.9 Å². The number of piperazine rings is 2. The molecule has 244 valence electrons. The number of rotatable bonds is 2. The molecule has 0 spiro atoms. The Morgan fingerprint density at radius 2 is 1.18 bits per heavy atom. The molecule has 4 rings (SSSR count). The lowest BCUT2D eigenvalue weighted by Gasteiger charge is -2.45. The molecule has 0 aliphatic carbocycles. The maximum absolute atomic E-state index is 13.3. The molecule has 4 atom stereocenters. The molecule has 0 aromatic heterocycles. The minimum Gasteiger partial charge on any atom is -0.444 e. The van der Waals surface area contributed by atoms with Crippen LogP contribution in [0.4, 0.5) is 13.6 Å². The van der Waals surface area contributed by atoms with Gasteiger partial charge in [0, 0.05) is 38.3 Å². The third kappa shape index (κ3) is 9.20. The van der Waals surface area contributed by atoms with E-state index in [1.165, 1.54) is 51.1 Å². The standard InChI is InChI=1S/C18H24FN3O4.C13H16FN3O2/c1-11-9-22(16(24)15(20)23)14(12-5-7-13(19)8-6-12)10-21(11)17(25)26-18(2,3)4;1-8-7-17(13(19)12(15)18)11(6-16-8)9-2-4-10(14)5-3-9/h5-8,11,14H,9-10H2,1-4H3,(H2,20,23);2-5,8,11,16H,6-7H2,1H3,(H2,15,18)/t11-,14-;8-,11-/m11/s1. The van der Waals surface area contributed by atoms with E-state index < -0.39 is 47.2 Å². The Morgan fingerprint density at radius 3 is 1.62 bits per heavy atom. The van der Waals surface area contributed by atoms with E-state index >= 15 is 0 Å². The number of hydrogen-bond donors (Lipinski definition) is 3. The summed E-state index contributed by atoms with van der Waals surface area (Å²) < 4.78 is 31.6. The van der Waals surface area contributed by atoms with E-state index in [1.54, 1.807) is 39.8 Å². The maximum atomic E-state index is 13.3. The minimum absolute atomic E-state index is 0.0833. The number of nitrogens with zero attached hydrogens (tertiary/aromatic N) is 3. The zero-order valence-electron chi connectivity index (χ0n) is 26.0. The average Bonchev–Trinajstić information content (AvgIpc) is 2.96. The molecule has 14 heteroatoms. The summed E-state index contributed by atoms with van der Waals surface area (Å²) in [5.74, 6) is -4.35. The van der Waals surface area contributed by atoms with E-state index in [4.69, 9.17) is 16.2 Å². The number of benzene rings is 2. The first kappa shape index (κ1) is 34.9. The van der Waals surface area contributed by atoms with Crippen LogP contribution >= 0.6 is 0 Å². The van der Waals surface area contributed by atoms with E-state index in [1.807, 2.05) is 6.92 Å². The summed E-state index contributed by atoms with van der Waals surface area (Å²) in [4.78, 5) is 63.4. The second kappa shape index (κ2) is 14.5. The SMILES string of the molecule is C[C@@H]1CN(C(=O)C(N)=O)[C@@H](c2ccc(F)cc2)CN1.C[C@@H]1CN(C(=O)C(N)=O)[C@@H](c2ccc(F)cc2)CN1C(=O)OC(C)(C)C. The van der Waals surface area contributed by atoms with Crippen molar-refractivity contribution in [3.63, 3.8) is 0 Å². The highest BCUT2D eigenvalue weighted by Crippen LogP contribution is 2.30. The Labute approximate surface area is 260 Å².